The Balaban J connectivity index is 1.96. The Bertz CT molecular complexity index is 700. The van der Waals surface area contributed by atoms with Crippen LogP contribution in [0.15, 0.2) is 47.6 Å². The maximum absolute atomic E-state index is 6.03. The van der Waals surface area contributed by atoms with Gasteiger partial charge in [-0.3, -0.25) is 0 Å². The summed E-state index contributed by atoms with van der Waals surface area (Å²) in [5.41, 5.74) is 2.30. The van der Waals surface area contributed by atoms with Gasteiger partial charge >= 0.3 is 0 Å². The van der Waals surface area contributed by atoms with Gasteiger partial charge in [-0.05, 0) is 37.1 Å². The molecule has 134 valence electrons. The van der Waals surface area contributed by atoms with E-state index in [1.165, 1.54) is 5.56 Å². The quantitative estimate of drug-likeness (QED) is 0.589. The van der Waals surface area contributed by atoms with Gasteiger partial charge in [0.1, 0.15) is 5.82 Å². The van der Waals surface area contributed by atoms with Gasteiger partial charge in [0.15, 0.2) is 5.96 Å². The Morgan fingerprint density at radius 2 is 2.04 bits per heavy atom. The average molecular weight is 360 g/mol. The third-order valence-corrected chi connectivity index (χ3v) is 3.87. The molecule has 0 spiro atoms. The number of aliphatic imine (C=N–C) groups is 1. The molecule has 6 heteroatoms. The fourth-order valence-corrected chi connectivity index (χ4v) is 2.69. The summed E-state index contributed by atoms with van der Waals surface area (Å²) in [5, 5.41) is 7.42. The Morgan fingerprint density at radius 1 is 1.20 bits per heavy atom. The number of rotatable bonds is 7. The molecule has 1 aromatic carbocycles. The van der Waals surface area contributed by atoms with Gasteiger partial charge < -0.3 is 15.5 Å². The third kappa shape index (κ3) is 6.27. The number of guanidine groups is 1. The van der Waals surface area contributed by atoms with Crippen LogP contribution in [0, 0.1) is 0 Å². The van der Waals surface area contributed by atoms with Crippen molar-refractivity contribution in [2.75, 3.05) is 32.1 Å². The van der Waals surface area contributed by atoms with Crippen molar-refractivity contribution in [3.8, 4) is 0 Å². The van der Waals surface area contributed by atoms with Crippen molar-refractivity contribution in [2.24, 2.45) is 4.99 Å². The standard InChI is InChI=1S/C19H26ClN5/c1-4-21-19(23-12-10-15-7-5-9-17(20)13-15)24-14-16-8-6-11-22-18(16)25(2)3/h5-9,11,13H,4,10,12,14H2,1-3H3,(H2,21,23,24). The zero-order valence-electron chi connectivity index (χ0n) is 15.1. The van der Waals surface area contributed by atoms with Gasteiger partial charge in [0.2, 0.25) is 0 Å². The summed E-state index contributed by atoms with van der Waals surface area (Å²) in [5.74, 6) is 1.75. The Morgan fingerprint density at radius 3 is 2.76 bits per heavy atom. The number of pyridine rings is 1. The number of hydrogen-bond donors (Lipinski definition) is 2. The fraction of sp³-hybridized carbons (Fsp3) is 0.368. The molecule has 5 nitrogen and oxygen atoms in total. The number of nitrogens with one attached hydrogen (secondary N) is 2. The van der Waals surface area contributed by atoms with E-state index >= 15 is 0 Å². The molecule has 1 aromatic heterocycles. The Hall–Kier alpha value is -2.27. The normalized spacial score (nSPS) is 11.3. The SMILES string of the molecule is CCNC(=NCc1cccnc1N(C)C)NCCc1cccc(Cl)c1. The second-order valence-corrected chi connectivity index (χ2v) is 6.32. The molecule has 2 aromatic rings. The highest BCUT2D eigenvalue weighted by Crippen LogP contribution is 2.15. The maximum Gasteiger partial charge on any atom is 0.191 e. The smallest absolute Gasteiger partial charge is 0.191 e. The Labute approximate surface area is 155 Å². The highest BCUT2D eigenvalue weighted by atomic mass is 35.5. The Kier molecular flexibility index (Phi) is 7.54. The predicted molar refractivity (Wildman–Crippen MR) is 107 cm³/mol. The van der Waals surface area contributed by atoms with E-state index in [0.717, 1.165) is 41.9 Å². The maximum atomic E-state index is 6.03. The molecule has 0 saturated carbocycles. The van der Waals surface area contributed by atoms with Gasteiger partial charge in [-0.25, -0.2) is 9.98 Å². The van der Waals surface area contributed by atoms with E-state index in [2.05, 4.69) is 39.7 Å². The van der Waals surface area contributed by atoms with E-state index in [-0.39, 0.29) is 0 Å². The van der Waals surface area contributed by atoms with Crippen LogP contribution in [0.4, 0.5) is 5.82 Å². The molecule has 0 amide bonds. The van der Waals surface area contributed by atoms with E-state index in [1.807, 2.05) is 43.3 Å². The van der Waals surface area contributed by atoms with Gasteiger partial charge in [0.25, 0.3) is 0 Å². The first-order valence-electron chi connectivity index (χ1n) is 8.48. The molecule has 0 fully saturated rings. The second kappa shape index (κ2) is 9.89. The molecule has 2 N–H and O–H groups in total. The summed E-state index contributed by atoms with van der Waals surface area (Å²) < 4.78 is 0. The topological polar surface area (TPSA) is 52.6 Å². The molecule has 0 bridgehead atoms. The number of benzene rings is 1. The molecular formula is C19H26ClN5. The van der Waals surface area contributed by atoms with Crippen molar-refractivity contribution < 1.29 is 0 Å². The molecule has 0 aliphatic rings. The van der Waals surface area contributed by atoms with Crippen LogP contribution in [0.5, 0.6) is 0 Å². The number of aromatic nitrogens is 1. The third-order valence-electron chi connectivity index (χ3n) is 3.64. The summed E-state index contributed by atoms with van der Waals surface area (Å²) in [7, 11) is 3.98. The van der Waals surface area contributed by atoms with Gasteiger partial charge in [-0.1, -0.05) is 29.8 Å². The molecule has 25 heavy (non-hydrogen) atoms. The van der Waals surface area contributed by atoms with E-state index in [9.17, 15) is 0 Å². The van der Waals surface area contributed by atoms with Crippen LogP contribution in [0.2, 0.25) is 5.02 Å². The van der Waals surface area contributed by atoms with Crippen molar-refractivity contribution in [1.82, 2.24) is 15.6 Å². The monoisotopic (exact) mass is 359 g/mol. The van der Waals surface area contributed by atoms with E-state index in [0.29, 0.717) is 6.54 Å². The van der Waals surface area contributed by atoms with Crippen molar-refractivity contribution >= 4 is 23.4 Å². The summed E-state index contributed by atoms with van der Waals surface area (Å²) in [6, 6.07) is 11.9. The van der Waals surface area contributed by atoms with Gasteiger partial charge in [0, 0.05) is 44.0 Å². The first-order chi connectivity index (χ1) is 12.1. The van der Waals surface area contributed by atoms with Crippen LogP contribution in [-0.2, 0) is 13.0 Å². The van der Waals surface area contributed by atoms with Crippen molar-refractivity contribution in [3.63, 3.8) is 0 Å². The number of anilines is 1. The van der Waals surface area contributed by atoms with Crippen LogP contribution in [0.3, 0.4) is 0 Å². The van der Waals surface area contributed by atoms with Gasteiger partial charge in [-0.15, -0.1) is 0 Å². The first kappa shape index (κ1) is 19.1. The van der Waals surface area contributed by atoms with Crippen molar-refractivity contribution in [1.29, 1.82) is 0 Å². The fourth-order valence-electron chi connectivity index (χ4n) is 2.48. The molecule has 0 unspecified atom stereocenters. The van der Waals surface area contributed by atoms with Crippen LogP contribution < -0.4 is 15.5 Å². The van der Waals surface area contributed by atoms with Crippen LogP contribution in [0.1, 0.15) is 18.1 Å². The van der Waals surface area contributed by atoms with Crippen LogP contribution in [0.25, 0.3) is 0 Å². The summed E-state index contributed by atoms with van der Waals surface area (Å²) in [6.07, 6.45) is 2.69. The van der Waals surface area contributed by atoms with E-state index in [4.69, 9.17) is 11.6 Å². The number of halogens is 1. The summed E-state index contributed by atoms with van der Waals surface area (Å²) >= 11 is 6.03. The minimum Gasteiger partial charge on any atom is -0.362 e. The molecule has 1 heterocycles. The highest BCUT2D eigenvalue weighted by Gasteiger charge is 2.05. The number of nitrogens with zero attached hydrogens (tertiary/aromatic N) is 3. The summed E-state index contributed by atoms with van der Waals surface area (Å²) in [6.45, 7) is 4.24. The lowest BCUT2D eigenvalue weighted by atomic mass is 10.1. The molecule has 0 atom stereocenters. The lowest BCUT2D eigenvalue weighted by Crippen LogP contribution is -2.38. The van der Waals surface area contributed by atoms with Gasteiger partial charge in [-0.2, -0.15) is 0 Å². The van der Waals surface area contributed by atoms with Crippen molar-refractivity contribution in [3.05, 3.63) is 58.7 Å². The molecule has 0 aliphatic heterocycles. The minimum atomic E-state index is 0.577. The van der Waals surface area contributed by atoms with E-state index in [1.54, 1.807) is 6.20 Å². The lowest BCUT2D eigenvalue weighted by molar-refractivity contribution is 0.799. The van der Waals surface area contributed by atoms with Crippen LogP contribution in [-0.4, -0.2) is 38.1 Å². The van der Waals surface area contributed by atoms with Gasteiger partial charge in [0.05, 0.1) is 6.54 Å². The average Bonchev–Trinajstić information content (AvgIpc) is 2.60. The molecule has 2 rings (SSSR count). The van der Waals surface area contributed by atoms with Crippen LogP contribution >= 0.6 is 11.6 Å². The second-order valence-electron chi connectivity index (χ2n) is 5.88. The molecule has 0 saturated heterocycles. The lowest BCUT2D eigenvalue weighted by Gasteiger charge is -2.15. The van der Waals surface area contributed by atoms with Crippen molar-refractivity contribution in [2.45, 2.75) is 19.9 Å². The van der Waals surface area contributed by atoms with E-state index < -0.39 is 0 Å². The predicted octanol–water partition coefficient (Wildman–Crippen LogP) is 3.10. The zero-order chi connectivity index (χ0) is 18.1. The largest absolute Gasteiger partial charge is 0.362 e. The molecule has 0 radical (unpaired) electrons. The number of hydrogen-bond acceptors (Lipinski definition) is 3. The summed E-state index contributed by atoms with van der Waals surface area (Å²) in [4.78, 5) is 11.1. The molecule has 0 aliphatic carbocycles. The zero-order valence-corrected chi connectivity index (χ0v) is 15.8. The first-order valence-corrected chi connectivity index (χ1v) is 8.85. The molecular weight excluding hydrogens is 334 g/mol. The minimum absolute atomic E-state index is 0.577. The highest BCUT2D eigenvalue weighted by molar-refractivity contribution is 6.30.